The van der Waals surface area contributed by atoms with Gasteiger partial charge in [0.15, 0.2) is 0 Å². The number of hydrogen-bond donors (Lipinski definition) is 0. The standard InChI is InChI=1S/C33H42N2O/c1-8-29(9-2)33(35(7)27(6)31-20-16-13-17-21-31)34-24-26(5)30(10-3)22-23-32(11-4)36-25-28-18-14-12-15-19-28/h8-12,14-15,18-19,22-24,31H,1-2,5-6,13,16-17,20-21,25H2,3-4,7H3/b23-22-,30-10+,32-11+,34-24-. The molecule has 36 heavy (non-hydrogen) atoms. The molecule has 2 rings (SSSR count). The van der Waals surface area contributed by atoms with Crippen LogP contribution in [0.25, 0.3) is 0 Å². The van der Waals surface area contributed by atoms with Crippen LogP contribution >= 0.6 is 0 Å². The molecule has 3 nitrogen and oxygen atoms in total. The van der Waals surface area contributed by atoms with E-state index in [9.17, 15) is 0 Å². The lowest BCUT2D eigenvalue weighted by molar-refractivity contribution is 0.210. The summed E-state index contributed by atoms with van der Waals surface area (Å²) < 4.78 is 5.96. The van der Waals surface area contributed by atoms with E-state index in [1.54, 1.807) is 18.4 Å². The van der Waals surface area contributed by atoms with Gasteiger partial charge in [-0.15, -0.1) is 0 Å². The first-order chi connectivity index (χ1) is 17.4. The fraction of sp³-hybridized carbons (Fsp3) is 0.303. The van der Waals surface area contributed by atoms with Gasteiger partial charge in [-0.25, -0.2) is 4.99 Å². The lowest BCUT2D eigenvalue weighted by atomic mass is 9.87. The van der Waals surface area contributed by atoms with Crippen LogP contribution in [0.2, 0.25) is 0 Å². The van der Waals surface area contributed by atoms with E-state index < -0.39 is 0 Å². The van der Waals surface area contributed by atoms with E-state index in [0.717, 1.165) is 39.6 Å². The molecule has 0 saturated heterocycles. The molecule has 3 heteroatoms. The smallest absolute Gasteiger partial charge is 0.139 e. The number of allylic oxidation sites excluding steroid dienone is 10. The number of aliphatic imine (C=N–C) groups is 1. The van der Waals surface area contributed by atoms with Crippen molar-refractivity contribution < 1.29 is 4.74 Å². The van der Waals surface area contributed by atoms with E-state index in [1.165, 1.54) is 32.1 Å². The van der Waals surface area contributed by atoms with Crippen LogP contribution in [0.1, 0.15) is 51.5 Å². The highest BCUT2D eigenvalue weighted by Gasteiger charge is 2.21. The molecule has 0 radical (unpaired) electrons. The van der Waals surface area contributed by atoms with Crippen LogP contribution in [0.5, 0.6) is 0 Å². The molecule has 1 aromatic rings. The summed E-state index contributed by atoms with van der Waals surface area (Å²) in [5.74, 6) is 2.06. The summed E-state index contributed by atoms with van der Waals surface area (Å²) in [5.41, 5.74) is 4.85. The van der Waals surface area contributed by atoms with E-state index in [2.05, 4.69) is 43.3 Å². The third-order valence-corrected chi connectivity index (χ3v) is 6.51. The van der Waals surface area contributed by atoms with Crippen molar-refractivity contribution in [3.05, 3.63) is 133 Å². The lowest BCUT2D eigenvalue weighted by Crippen LogP contribution is -2.24. The Hall–Kier alpha value is -3.59. The monoisotopic (exact) mass is 482 g/mol. The van der Waals surface area contributed by atoms with Crippen LogP contribution in [0, 0.1) is 5.92 Å². The number of rotatable bonds is 13. The first-order valence-corrected chi connectivity index (χ1v) is 12.8. The zero-order chi connectivity index (χ0) is 26.3. The maximum Gasteiger partial charge on any atom is 0.139 e. The molecular weight excluding hydrogens is 440 g/mol. The molecule has 0 aromatic heterocycles. The van der Waals surface area contributed by atoms with Crippen LogP contribution in [0.3, 0.4) is 0 Å². The Kier molecular flexibility index (Phi) is 12.3. The molecule has 0 atom stereocenters. The number of ether oxygens (including phenoxy) is 1. The van der Waals surface area contributed by atoms with Gasteiger partial charge in [0.2, 0.25) is 0 Å². The van der Waals surface area contributed by atoms with Crippen molar-refractivity contribution in [3.63, 3.8) is 0 Å². The van der Waals surface area contributed by atoms with Crippen molar-refractivity contribution in [2.75, 3.05) is 7.05 Å². The van der Waals surface area contributed by atoms with E-state index in [-0.39, 0.29) is 0 Å². The molecular formula is C33H42N2O. The minimum atomic E-state index is 0.484. The van der Waals surface area contributed by atoms with Crippen molar-refractivity contribution >= 4 is 6.21 Å². The van der Waals surface area contributed by atoms with Crippen molar-refractivity contribution in [3.8, 4) is 0 Å². The summed E-state index contributed by atoms with van der Waals surface area (Å²) in [6.45, 7) is 21.1. The van der Waals surface area contributed by atoms with Crippen LogP contribution in [-0.4, -0.2) is 18.2 Å². The maximum atomic E-state index is 5.96. The second-order valence-corrected chi connectivity index (χ2v) is 8.90. The van der Waals surface area contributed by atoms with Crippen molar-refractivity contribution in [1.29, 1.82) is 0 Å². The molecule has 1 aromatic carbocycles. The normalized spacial score (nSPS) is 15.1. The average Bonchev–Trinajstić information content (AvgIpc) is 2.93. The fourth-order valence-electron chi connectivity index (χ4n) is 4.21. The number of hydrogen-bond acceptors (Lipinski definition) is 3. The second kappa shape index (κ2) is 15.4. The van der Waals surface area contributed by atoms with Crippen molar-refractivity contribution in [2.45, 2.75) is 52.6 Å². The van der Waals surface area contributed by atoms with Gasteiger partial charge in [0.05, 0.1) is 0 Å². The highest BCUT2D eigenvalue weighted by molar-refractivity contribution is 5.85. The van der Waals surface area contributed by atoms with E-state index in [4.69, 9.17) is 9.73 Å². The molecule has 1 fully saturated rings. The largest absolute Gasteiger partial charge is 0.489 e. The minimum Gasteiger partial charge on any atom is -0.489 e. The molecule has 0 bridgehead atoms. The summed E-state index contributed by atoms with van der Waals surface area (Å²) in [4.78, 5) is 6.91. The molecule has 1 saturated carbocycles. The van der Waals surface area contributed by atoms with Crippen LogP contribution in [0.15, 0.2) is 132 Å². The fourth-order valence-corrected chi connectivity index (χ4v) is 4.21. The molecule has 0 spiro atoms. The summed E-state index contributed by atoms with van der Waals surface area (Å²) in [6, 6.07) is 10.1. The van der Waals surface area contributed by atoms with Crippen LogP contribution in [-0.2, 0) is 11.3 Å². The van der Waals surface area contributed by atoms with Gasteiger partial charge in [-0.3, -0.25) is 0 Å². The summed E-state index contributed by atoms with van der Waals surface area (Å²) in [5, 5.41) is 0. The summed E-state index contributed by atoms with van der Waals surface area (Å²) in [7, 11) is 2.03. The minimum absolute atomic E-state index is 0.484. The van der Waals surface area contributed by atoms with Gasteiger partial charge in [-0.2, -0.15) is 0 Å². The van der Waals surface area contributed by atoms with Gasteiger partial charge in [-0.05, 0) is 61.5 Å². The SMILES string of the molecule is C=CC(C=C)=C(/N=C\C(=C)C(/C=C\C(=C/C)OCc1ccccc1)=C/C)N(C)C(=C)C1CCCCC1. The van der Waals surface area contributed by atoms with Crippen molar-refractivity contribution in [1.82, 2.24) is 4.90 Å². The van der Waals surface area contributed by atoms with Gasteiger partial charge < -0.3 is 9.64 Å². The molecule has 0 aliphatic heterocycles. The van der Waals surface area contributed by atoms with Gasteiger partial charge in [0.1, 0.15) is 18.2 Å². The Morgan fingerprint density at radius 3 is 2.25 bits per heavy atom. The van der Waals surface area contributed by atoms with Gasteiger partial charge in [0, 0.05) is 24.5 Å². The maximum absolute atomic E-state index is 5.96. The number of benzene rings is 1. The Morgan fingerprint density at radius 2 is 1.67 bits per heavy atom. The van der Waals surface area contributed by atoms with Gasteiger partial charge in [0.25, 0.3) is 0 Å². The molecule has 0 heterocycles. The van der Waals surface area contributed by atoms with Crippen LogP contribution < -0.4 is 0 Å². The molecule has 0 N–H and O–H groups in total. The zero-order valence-corrected chi connectivity index (χ0v) is 22.4. The highest BCUT2D eigenvalue weighted by atomic mass is 16.5. The second-order valence-electron chi connectivity index (χ2n) is 8.90. The predicted octanol–water partition coefficient (Wildman–Crippen LogP) is 8.85. The first-order valence-electron chi connectivity index (χ1n) is 12.8. The molecule has 190 valence electrons. The lowest BCUT2D eigenvalue weighted by Gasteiger charge is -2.31. The average molecular weight is 483 g/mol. The Bertz CT molecular complexity index is 1050. The topological polar surface area (TPSA) is 24.8 Å². The van der Waals surface area contributed by atoms with E-state index >= 15 is 0 Å². The molecule has 1 aliphatic carbocycles. The van der Waals surface area contributed by atoms with Gasteiger partial charge in [-0.1, -0.05) is 100 Å². The predicted molar refractivity (Wildman–Crippen MR) is 156 cm³/mol. The van der Waals surface area contributed by atoms with E-state index in [0.29, 0.717) is 12.5 Å². The Labute approximate surface area is 219 Å². The van der Waals surface area contributed by atoms with Crippen molar-refractivity contribution in [2.24, 2.45) is 10.9 Å². The zero-order valence-electron chi connectivity index (χ0n) is 22.4. The molecule has 1 aliphatic rings. The molecule has 0 unspecified atom stereocenters. The van der Waals surface area contributed by atoms with Gasteiger partial charge >= 0.3 is 0 Å². The number of nitrogens with zero attached hydrogens (tertiary/aromatic N) is 2. The quantitative estimate of drug-likeness (QED) is 0.159. The Morgan fingerprint density at radius 1 is 1.00 bits per heavy atom. The first kappa shape index (κ1) is 28.6. The summed E-state index contributed by atoms with van der Waals surface area (Å²) >= 11 is 0. The molecule has 0 amide bonds. The van der Waals surface area contributed by atoms with Crippen LogP contribution in [0.4, 0.5) is 0 Å². The van der Waals surface area contributed by atoms with E-state index in [1.807, 2.05) is 63.4 Å². The summed E-state index contributed by atoms with van der Waals surface area (Å²) in [6.07, 6.45) is 19.5. The third kappa shape index (κ3) is 8.57. The Balaban J connectivity index is 2.14. The highest BCUT2D eigenvalue weighted by Crippen LogP contribution is 2.32. The third-order valence-electron chi connectivity index (χ3n) is 6.51.